The van der Waals surface area contributed by atoms with Crippen LogP contribution in [-0.2, 0) is 11.4 Å². The highest BCUT2D eigenvalue weighted by atomic mass is 35.5. The first-order valence-electron chi connectivity index (χ1n) is 12.0. The van der Waals surface area contributed by atoms with E-state index in [0.29, 0.717) is 27.5 Å². The Bertz CT molecular complexity index is 1660. The van der Waals surface area contributed by atoms with Gasteiger partial charge in [-0.25, -0.2) is 9.38 Å². The molecule has 0 aliphatic carbocycles. The van der Waals surface area contributed by atoms with Crippen molar-refractivity contribution in [3.05, 3.63) is 122 Å². The number of hydrogen-bond acceptors (Lipinski definition) is 5. The van der Waals surface area contributed by atoms with Crippen LogP contribution in [0.25, 0.3) is 0 Å². The predicted octanol–water partition coefficient (Wildman–Crippen LogP) is 6.61. The van der Waals surface area contributed by atoms with Crippen LogP contribution in [0.3, 0.4) is 0 Å². The molecule has 2 heterocycles. The van der Waals surface area contributed by atoms with Crippen LogP contribution in [0.15, 0.2) is 77.8 Å². The van der Waals surface area contributed by atoms with Crippen LogP contribution in [0.2, 0.25) is 15.1 Å². The summed E-state index contributed by atoms with van der Waals surface area (Å²) in [4.78, 5) is 35.5. The molecule has 1 atom stereocenters. The van der Waals surface area contributed by atoms with Gasteiger partial charge < -0.3 is 15.4 Å². The zero-order chi connectivity index (χ0) is 28.4. The zero-order valence-corrected chi connectivity index (χ0v) is 23.1. The largest absolute Gasteiger partial charge is 0.486 e. The Kier molecular flexibility index (Phi) is 8.02. The van der Waals surface area contributed by atoms with Crippen LogP contribution in [-0.4, -0.2) is 28.7 Å². The Hall–Kier alpha value is -3.98. The number of halogens is 4. The third-order valence-electron chi connectivity index (χ3n) is 5.97. The average molecular weight is 598 g/mol. The van der Waals surface area contributed by atoms with Crippen LogP contribution in [0.4, 0.5) is 10.1 Å². The number of aryl methyl sites for hydroxylation is 1. The van der Waals surface area contributed by atoms with Crippen molar-refractivity contribution in [2.24, 2.45) is 4.99 Å². The average Bonchev–Trinajstić information content (AvgIpc) is 3.03. The minimum absolute atomic E-state index is 0.0443. The molecule has 11 heteroatoms. The van der Waals surface area contributed by atoms with Gasteiger partial charge in [0.05, 0.1) is 32.7 Å². The molecule has 0 radical (unpaired) electrons. The fourth-order valence-electron chi connectivity index (χ4n) is 4.16. The summed E-state index contributed by atoms with van der Waals surface area (Å²) in [5.74, 6) is -1.96. The number of aromatic nitrogens is 1. The summed E-state index contributed by atoms with van der Waals surface area (Å²) in [5, 5.41) is 6.06. The molecule has 7 nitrogen and oxygen atoms in total. The molecule has 0 spiro atoms. The lowest BCUT2D eigenvalue weighted by atomic mass is 10.0. The molecular formula is C29H20Cl3FN4O3. The van der Waals surface area contributed by atoms with E-state index in [0.717, 1.165) is 11.8 Å². The minimum atomic E-state index is -1.42. The van der Waals surface area contributed by atoms with Crippen LogP contribution in [0.5, 0.6) is 5.75 Å². The summed E-state index contributed by atoms with van der Waals surface area (Å²) in [6.45, 7) is 1.89. The maximum absolute atomic E-state index is 14.2. The Labute approximate surface area is 244 Å². The van der Waals surface area contributed by atoms with E-state index >= 15 is 0 Å². The first-order chi connectivity index (χ1) is 19.2. The van der Waals surface area contributed by atoms with E-state index < -0.39 is 23.8 Å². The van der Waals surface area contributed by atoms with Crippen molar-refractivity contribution in [3.63, 3.8) is 0 Å². The lowest BCUT2D eigenvalue weighted by molar-refractivity contribution is -0.117. The van der Waals surface area contributed by atoms with Gasteiger partial charge in [0.1, 0.15) is 18.2 Å². The van der Waals surface area contributed by atoms with Crippen molar-refractivity contribution in [2.45, 2.75) is 19.7 Å². The molecule has 0 saturated carbocycles. The van der Waals surface area contributed by atoms with Gasteiger partial charge >= 0.3 is 0 Å². The van der Waals surface area contributed by atoms with Crippen molar-refractivity contribution >= 4 is 58.0 Å². The molecule has 1 aromatic heterocycles. The standard InChI is InChI=1S/C29H20Cl3FN4O3/c1-15-5-4-6-18(34-15)14-40-24-10-9-17(33)13-20(24)28(38)37-27-29(39)35-23-8-3-2-7-19(23)26(36-27)25-21(31)11-16(30)12-22(25)32/h2-13,27H,14H2,1H3,(H,35,39)(H,37,38). The van der Waals surface area contributed by atoms with Gasteiger partial charge in [-0.1, -0.05) is 59.1 Å². The van der Waals surface area contributed by atoms with Crippen LogP contribution in [0, 0.1) is 12.7 Å². The Balaban J connectivity index is 1.50. The number of nitrogens with one attached hydrogen (secondary N) is 2. The van der Waals surface area contributed by atoms with Gasteiger partial charge in [-0.2, -0.15) is 0 Å². The summed E-state index contributed by atoms with van der Waals surface area (Å²) in [6, 6.07) is 18.9. The van der Waals surface area contributed by atoms with Gasteiger partial charge in [0.25, 0.3) is 11.8 Å². The number of rotatable bonds is 6. The van der Waals surface area contributed by atoms with Crippen LogP contribution >= 0.6 is 34.8 Å². The number of benzodiazepines with no additional fused rings is 1. The molecule has 2 amide bonds. The van der Waals surface area contributed by atoms with Crippen molar-refractivity contribution in [1.29, 1.82) is 0 Å². The summed E-state index contributed by atoms with van der Waals surface area (Å²) in [6.07, 6.45) is -1.42. The number of pyridine rings is 1. The predicted molar refractivity (Wildman–Crippen MR) is 153 cm³/mol. The third-order valence-corrected chi connectivity index (χ3v) is 6.78. The van der Waals surface area contributed by atoms with Crippen molar-refractivity contribution in [2.75, 3.05) is 5.32 Å². The first kappa shape index (κ1) is 27.6. The molecule has 0 fully saturated rings. The van der Waals surface area contributed by atoms with Gasteiger partial charge in [0, 0.05) is 21.8 Å². The normalized spacial score (nSPS) is 14.5. The molecule has 1 unspecified atom stereocenters. The molecule has 5 rings (SSSR count). The molecule has 202 valence electrons. The molecular weight excluding hydrogens is 578 g/mol. The summed E-state index contributed by atoms with van der Waals surface area (Å²) in [5.41, 5.74) is 2.85. The Morgan fingerprint density at radius 1 is 1.02 bits per heavy atom. The number of para-hydroxylation sites is 1. The second kappa shape index (κ2) is 11.6. The second-order valence-corrected chi connectivity index (χ2v) is 10.1. The smallest absolute Gasteiger partial charge is 0.269 e. The van der Waals surface area contributed by atoms with Gasteiger partial charge in [-0.15, -0.1) is 0 Å². The number of anilines is 1. The van der Waals surface area contributed by atoms with Gasteiger partial charge in [-0.3, -0.25) is 14.6 Å². The molecule has 1 aliphatic rings. The molecule has 40 heavy (non-hydrogen) atoms. The van der Waals surface area contributed by atoms with Crippen molar-refractivity contribution in [3.8, 4) is 5.75 Å². The fourth-order valence-corrected chi connectivity index (χ4v) is 5.16. The summed E-state index contributed by atoms with van der Waals surface area (Å²) in [7, 11) is 0. The second-order valence-electron chi connectivity index (χ2n) is 8.83. The van der Waals surface area contributed by atoms with Crippen LogP contribution < -0.4 is 15.4 Å². The molecule has 3 aromatic carbocycles. The van der Waals surface area contributed by atoms with Gasteiger partial charge in [0.15, 0.2) is 0 Å². The molecule has 0 bridgehead atoms. The summed E-state index contributed by atoms with van der Waals surface area (Å²) >= 11 is 19.1. The topological polar surface area (TPSA) is 92.7 Å². The lowest BCUT2D eigenvalue weighted by Gasteiger charge is -2.16. The van der Waals surface area contributed by atoms with E-state index in [9.17, 15) is 14.0 Å². The summed E-state index contributed by atoms with van der Waals surface area (Å²) < 4.78 is 20.0. The van der Waals surface area contributed by atoms with E-state index in [1.54, 1.807) is 30.3 Å². The highest BCUT2D eigenvalue weighted by Crippen LogP contribution is 2.34. The fraction of sp³-hybridized carbons (Fsp3) is 0.103. The van der Waals surface area contributed by atoms with Gasteiger partial charge in [0.2, 0.25) is 6.17 Å². The Morgan fingerprint density at radius 2 is 1.77 bits per heavy atom. The molecule has 2 N–H and O–H groups in total. The van der Waals surface area contributed by atoms with Crippen molar-refractivity contribution in [1.82, 2.24) is 10.3 Å². The van der Waals surface area contributed by atoms with Gasteiger partial charge in [-0.05, 0) is 55.5 Å². The van der Waals surface area contributed by atoms with E-state index in [1.807, 2.05) is 19.1 Å². The molecule has 0 saturated heterocycles. The molecule has 1 aliphatic heterocycles. The highest BCUT2D eigenvalue weighted by Gasteiger charge is 2.30. The maximum Gasteiger partial charge on any atom is 0.269 e. The lowest BCUT2D eigenvalue weighted by Crippen LogP contribution is -2.42. The maximum atomic E-state index is 14.2. The number of aliphatic imine (C=N–C) groups is 1. The number of benzene rings is 3. The number of carbonyl (C=O) groups excluding carboxylic acids is 2. The number of carbonyl (C=O) groups is 2. The monoisotopic (exact) mass is 596 g/mol. The Morgan fingerprint density at radius 3 is 2.52 bits per heavy atom. The zero-order valence-electron chi connectivity index (χ0n) is 20.8. The number of fused-ring (bicyclic) bond motifs is 1. The molecule has 4 aromatic rings. The minimum Gasteiger partial charge on any atom is -0.486 e. The van der Waals surface area contributed by atoms with Crippen LogP contribution in [0.1, 0.15) is 32.9 Å². The SMILES string of the molecule is Cc1cccc(COc2ccc(F)cc2C(=O)NC2N=C(c3c(Cl)cc(Cl)cc3Cl)c3ccccc3NC2=O)n1. The highest BCUT2D eigenvalue weighted by molar-refractivity contribution is 6.44. The third kappa shape index (κ3) is 5.94. The first-order valence-corrected chi connectivity index (χ1v) is 13.1. The van der Waals surface area contributed by atoms with E-state index in [2.05, 4.69) is 20.6 Å². The quantitative estimate of drug-likeness (QED) is 0.262. The number of nitrogens with zero attached hydrogens (tertiary/aromatic N) is 2. The van der Waals surface area contributed by atoms with Crippen molar-refractivity contribution < 1.29 is 18.7 Å². The number of amides is 2. The van der Waals surface area contributed by atoms with E-state index in [1.165, 1.54) is 24.3 Å². The van der Waals surface area contributed by atoms with E-state index in [4.69, 9.17) is 39.5 Å². The van der Waals surface area contributed by atoms with E-state index in [-0.39, 0.29) is 33.7 Å². The number of hydrogen-bond donors (Lipinski definition) is 2. The number of ether oxygens (including phenoxy) is 1.